The quantitative estimate of drug-likeness (QED) is 0.520. The molecule has 3 aromatic rings. The number of nitro groups is 1. The number of aromatic nitrogens is 3. The van der Waals surface area contributed by atoms with E-state index in [0.29, 0.717) is 16.5 Å². The van der Waals surface area contributed by atoms with Crippen LogP contribution in [0.25, 0.3) is 0 Å². The zero-order valence-electron chi connectivity index (χ0n) is 13.1. The number of rotatable bonds is 5. The normalized spacial score (nSPS) is 10.3. The summed E-state index contributed by atoms with van der Waals surface area (Å²) in [6.45, 7) is 1.81. The van der Waals surface area contributed by atoms with Gasteiger partial charge in [0.2, 0.25) is 11.6 Å². The fourth-order valence-electron chi connectivity index (χ4n) is 2.16. The van der Waals surface area contributed by atoms with Gasteiger partial charge >= 0.3 is 5.69 Å². The molecule has 8 nitrogen and oxygen atoms in total. The molecular formula is C16H13ClN6O2. The molecule has 0 radical (unpaired) electrons. The maximum atomic E-state index is 11.6. The van der Waals surface area contributed by atoms with E-state index < -0.39 is 4.92 Å². The second-order valence-electron chi connectivity index (χ2n) is 5.05. The molecule has 0 atom stereocenters. The van der Waals surface area contributed by atoms with Crippen LogP contribution < -0.4 is 10.6 Å². The third kappa shape index (κ3) is 3.64. The maximum absolute atomic E-state index is 11.6. The van der Waals surface area contributed by atoms with E-state index in [2.05, 4.69) is 25.6 Å². The lowest BCUT2D eigenvalue weighted by Crippen LogP contribution is -2.06. The molecule has 0 aliphatic carbocycles. The lowest BCUT2D eigenvalue weighted by molar-refractivity contribution is -0.383. The van der Waals surface area contributed by atoms with Crippen molar-refractivity contribution in [3.8, 4) is 0 Å². The van der Waals surface area contributed by atoms with Crippen molar-refractivity contribution in [1.29, 1.82) is 0 Å². The van der Waals surface area contributed by atoms with E-state index >= 15 is 0 Å². The molecule has 126 valence electrons. The topological polar surface area (TPSA) is 106 Å². The average Bonchev–Trinajstić information content (AvgIpc) is 2.60. The Morgan fingerprint density at radius 3 is 2.48 bits per heavy atom. The summed E-state index contributed by atoms with van der Waals surface area (Å²) in [7, 11) is 0. The molecule has 2 heterocycles. The van der Waals surface area contributed by atoms with Crippen LogP contribution in [0.1, 0.15) is 5.56 Å². The lowest BCUT2D eigenvalue weighted by atomic mass is 10.2. The molecule has 0 aliphatic heterocycles. The van der Waals surface area contributed by atoms with E-state index in [-0.39, 0.29) is 17.3 Å². The first-order valence-corrected chi connectivity index (χ1v) is 7.63. The van der Waals surface area contributed by atoms with Crippen molar-refractivity contribution in [3.63, 3.8) is 0 Å². The van der Waals surface area contributed by atoms with Gasteiger partial charge in [-0.1, -0.05) is 23.7 Å². The fraction of sp³-hybridized carbons (Fsp3) is 0.0625. The van der Waals surface area contributed by atoms with Gasteiger partial charge in [-0.2, -0.15) is 0 Å². The van der Waals surface area contributed by atoms with Gasteiger partial charge in [0.15, 0.2) is 0 Å². The first-order valence-electron chi connectivity index (χ1n) is 7.26. The Morgan fingerprint density at radius 2 is 1.80 bits per heavy atom. The third-order valence-corrected chi connectivity index (χ3v) is 3.85. The zero-order valence-corrected chi connectivity index (χ0v) is 13.9. The minimum absolute atomic E-state index is 0.0425. The second kappa shape index (κ2) is 7.10. The van der Waals surface area contributed by atoms with Crippen molar-refractivity contribution in [2.75, 3.05) is 10.6 Å². The van der Waals surface area contributed by atoms with E-state index in [1.807, 2.05) is 6.92 Å². The van der Waals surface area contributed by atoms with E-state index in [1.165, 1.54) is 6.33 Å². The Labute approximate surface area is 148 Å². The summed E-state index contributed by atoms with van der Waals surface area (Å²) >= 11 is 6.09. The average molecular weight is 357 g/mol. The molecule has 0 aliphatic rings. The van der Waals surface area contributed by atoms with Crippen molar-refractivity contribution in [3.05, 3.63) is 69.6 Å². The zero-order chi connectivity index (χ0) is 17.8. The van der Waals surface area contributed by atoms with Gasteiger partial charge in [0.25, 0.3) is 0 Å². The number of nitrogens with zero attached hydrogens (tertiary/aromatic N) is 4. The predicted octanol–water partition coefficient (Wildman–Crippen LogP) is 4.23. The molecule has 0 unspecified atom stereocenters. The van der Waals surface area contributed by atoms with Gasteiger partial charge in [-0.3, -0.25) is 10.1 Å². The number of anilines is 4. The first kappa shape index (κ1) is 16.6. The predicted molar refractivity (Wildman–Crippen MR) is 95.7 cm³/mol. The highest BCUT2D eigenvalue weighted by Gasteiger charge is 2.24. The van der Waals surface area contributed by atoms with Gasteiger partial charge < -0.3 is 10.6 Å². The Hall–Kier alpha value is -3.26. The molecule has 3 rings (SSSR count). The van der Waals surface area contributed by atoms with Gasteiger partial charge in [0.1, 0.15) is 12.1 Å². The molecule has 9 heteroatoms. The summed E-state index contributed by atoms with van der Waals surface area (Å²) in [5.74, 6) is 0.541. The molecule has 2 aromatic heterocycles. The fourth-order valence-corrected chi connectivity index (χ4v) is 2.34. The van der Waals surface area contributed by atoms with E-state index in [9.17, 15) is 10.1 Å². The van der Waals surface area contributed by atoms with E-state index in [1.54, 1.807) is 42.6 Å². The number of benzene rings is 1. The van der Waals surface area contributed by atoms with Crippen molar-refractivity contribution in [2.45, 2.75) is 6.92 Å². The SMILES string of the molecule is Cc1c(Cl)cccc1Nc1ncnc(Nc2ccccn2)c1[N+](=O)[O-]. The summed E-state index contributed by atoms with van der Waals surface area (Å²) in [5, 5.41) is 17.9. The van der Waals surface area contributed by atoms with Gasteiger partial charge in [-0.25, -0.2) is 15.0 Å². The summed E-state index contributed by atoms with van der Waals surface area (Å²) in [6.07, 6.45) is 2.81. The molecule has 0 amide bonds. The van der Waals surface area contributed by atoms with Crippen LogP contribution in [0.15, 0.2) is 48.9 Å². The van der Waals surface area contributed by atoms with Crippen LogP contribution >= 0.6 is 11.6 Å². The standard InChI is InChI=1S/C16H13ClN6O2/c1-10-11(17)5-4-6-12(10)21-15-14(23(24)25)16(20-9-19-15)22-13-7-2-3-8-18-13/h2-9H,1H3,(H2,18,19,20,21,22). The highest BCUT2D eigenvalue weighted by Crippen LogP contribution is 2.34. The van der Waals surface area contributed by atoms with Crippen LogP contribution in [-0.2, 0) is 0 Å². The number of nitrogens with one attached hydrogen (secondary N) is 2. The Kier molecular flexibility index (Phi) is 4.71. The van der Waals surface area contributed by atoms with Crippen molar-refractivity contribution < 1.29 is 4.92 Å². The molecule has 0 saturated carbocycles. The summed E-state index contributed by atoms with van der Waals surface area (Å²) in [5.41, 5.74) is 1.10. The molecule has 0 fully saturated rings. The lowest BCUT2D eigenvalue weighted by Gasteiger charge is -2.12. The maximum Gasteiger partial charge on any atom is 0.353 e. The monoisotopic (exact) mass is 356 g/mol. The van der Waals surface area contributed by atoms with Crippen molar-refractivity contribution in [2.24, 2.45) is 0 Å². The molecule has 2 N–H and O–H groups in total. The second-order valence-corrected chi connectivity index (χ2v) is 5.46. The van der Waals surface area contributed by atoms with E-state index in [0.717, 1.165) is 5.56 Å². The number of hydrogen-bond acceptors (Lipinski definition) is 7. The minimum Gasteiger partial charge on any atom is -0.334 e. The summed E-state index contributed by atoms with van der Waals surface area (Å²) in [6, 6.07) is 10.4. The Balaban J connectivity index is 2.01. The highest BCUT2D eigenvalue weighted by molar-refractivity contribution is 6.31. The number of hydrogen-bond donors (Lipinski definition) is 2. The third-order valence-electron chi connectivity index (χ3n) is 3.44. The minimum atomic E-state index is -0.548. The van der Waals surface area contributed by atoms with Crippen LogP contribution in [0.5, 0.6) is 0 Å². The summed E-state index contributed by atoms with van der Waals surface area (Å²) in [4.78, 5) is 23.1. The first-order chi connectivity index (χ1) is 12.1. The largest absolute Gasteiger partial charge is 0.353 e. The van der Waals surface area contributed by atoms with Crippen LogP contribution in [0, 0.1) is 17.0 Å². The smallest absolute Gasteiger partial charge is 0.334 e. The summed E-state index contributed by atoms with van der Waals surface area (Å²) < 4.78 is 0. The van der Waals surface area contributed by atoms with Gasteiger partial charge in [-0.05, 0) is 36.8 Å². The van der Waals surface area contributed by atoms with E-state index in [4.69, 9.17) is 11.6 Å². The molecule has 25 heavy (non-hydrogen) atoms. The van der Waals surface area contributed by atoms with Crippen molar-refractivity contribution >= 4 is 40.4 Å². The number of halogens is 1. The van der Waals surface area contributed by atoms with Crippen molar-refractivity contribution in [1.82, 2.24) is 15.0 Å². The van der Waals surface area contributed by atoms with Crippen LogP contribution in [0.3, 0.4) is 0 Å². The number of pyridine rings is 1. The highest BCUT2D eigenvalue weighted by atomic mass is 35.5. The molecule has 0 saturated heterocycles. The van der Waals surface area contributed by atoms with Crippen LogP contribution in [0.4, 0.5) is 28.8 Å². The van der Waals surface area contributed by atoms with Gasteiger partial charge in [0, 0.05) is 16.9 Å². The molecule has 0 bridgehead atoms. The Morgan fingerprint density at radius 1 is 1.04 bits per heavy atom. The van der Waals surface area contributed by atoms with Gasteiger partial charge in [0.05, 0.1) is 4.92 Å². The molecular weight excluding hydrogens is 344 g/mol. The van der Waals surface area contributed by atoms with Crippen LogP contribution in [-0.4, -0.2) is 19.9 Å². The molecule has 1 aromatic carbocycles. The van der Waals surface area contributed by atoms with Crippen LogP contribution in [0.2, 0.25) is 5.02 Å². The molecule has 0 spiro atoms. The Bertz CT molecular complexity index is 920. The van der Waals surface area contributed by atoms with Gasteiger partial charge in [-0.15, -0.1) is 0 Å².